The number of anilines is 1. The molecule has 1 aliphatic carbocycles. The van der Waals surface area contributed by atoms with E-state index in [1.54, 1.807) is 0 Å². The summed E-state index contributed by atoms with van der Waals surface area (Å²) in [7, 11) is 0. The molecule has 0 aromatic heterocycles. The highest BCUT2D eigenvalue weighted by atomic mass is 35.5. The van der Waals surface area contributed by atoms with Gasteiger partial charge in [0.2, 0.25) is 11.8 Å². The smallest absolute Gasteiger partial charge is 0.241 e. The minimum atomic E-state index is 0. The summed E-state index contributed by atoms with van der Waals surface area (Å²) in [4.78, 5) is 26.1. The Morgan fingerprint density at radius 1 is 1.04 bits per heavy atom. The van der Waals surface area contributed by atoms with Crippen LogP contribution in [0, 0.1) is 5.92 Å². The van der Waals surface area contributed by atoms with Crippen LogP contribution in [0.5, 0.6) is 0 Å². The van der Waals surface area contributed by atoms with Crippen LogP contribution in [0.25, 0.3) is 0 Å². The molecule has 2 aliphatic rings. The van der Waals surface area contributed by atoms with Crippen molar-refractivity contribution in [1.29, 1.82) is 0 Å². The second kappa shape index (κ2) is 8.92. The molecule has 0 unspecified atom stereocenters. The number of nitrogens with one attached hydrogen (secondary N) is 2. The van der Waals surface area contributed by atoms with E-state index in [4.69, 9.17) is 0 Å². The van der Waals surface area contributed by atoms with Crippen LogP contribution in [0.2, 0.25) is 0 Å². The normalized spacial score (nSPS) is 18.2. The van der Waals surface area contributed by atoms with Crippen molar-refractivity contribution in [1.82, 2.24) is 10.2 Å². The van der Waals surface area contributed by atoms with Gasteiger partial charge in [0, 0.05) is 30.7 Å². The van der Waals surface area contributed by atoms with Crippen LogP contribution < -0.4 is 10.6 Å². The number of nitrogens with zero attached hydrogens (tertiary/aromatic N) is 1. The zero-order chi connectivity index (χ0) is 16.1. The van der Waals surface area contributed by atoms with Crippen molar-refractivity contribution in [2.45, 2.75) is 38.1 Å². The zero-order valence-electron chi connectivity index (χ0n) is 13.9. The van der Waals surface area contributed by atoms with E-state index in [1.807, 2.05) is 35.2 Å². The van der Waals surface area contributed by atoms with Gasteiger partial charge < -0.3 is 15.5 Å². The molecule has 0 radical (unpaired) electrons. The minimum absolute atomic E-state index is 0. The molecule has 0 spiro atoms. The summed E-state index contributed by atoms with van der Waals surface area (Å²) in [5.41, 5.74) is 0.962. The van der Waals surface area contributed by atoms with Crippen LogP contribution in [-0.4, -0.2) is 42.4 Å². The van der Waals surface area contributed by atoms with Gasteiger partial charge in [-0.1, -0.05) is 24.6 Å². The van der Waals surface area contributed by atoms with Crippen molar-refractivity contribution in [3.05, 3.63) is 30.3 Å². The molecule has 1 aromatic rings. The van der Waals surface area contributed by atoms with Crippen molar-refractivity contribution < 1.29 is 9.59 Å². The van der Waals surface area contributed by atoms with Crippen molar-refractivity contribution >= 4 is 29.9 Å². The average molecular weight is 352 g/mol. The number of hydrogen-bond donors (Lipinski definition) is 2. The second-order valence-corrected chi connectivity index (χ2v) is 6.51. The van der Waals surface area contributed by atoms with Crippen LogP contribution in [0.3, 0.4) is 0 Å². The maximum atomic E-state index is 12.2. The Hall–Kier alpha value is -1.75. The van der Waals surface area contributed by atoms with E-state index < -0.39 is 0 Å². The van der Waals surface area contributed by atoms with Gasteiger partial charge in [-0.2, -0.15) is 0 Å². The maximum Gasteiger partial charge on any atom is 0.241 e. The van der Waals surface area contributed by atoms with E-state index in [-0.39, 0.29) is 36.2 Å². The summed E-state index contributed by atoms with van der Waals surface area (Å²) in [5.74, 6) is 0.578. The molecule has 1 heterocycles. The lowest BCUT2D eigenvalue weighted by Crippen LogP contribution is -2.49. The number of carbonyl (C=O) groups is 2. The third kappa shape index (κ3) is 4.87. The Morgan fingerprint density at radius 3 is 2.29 bits per heavy atom. The molecule has 5 nitrogen and oxygen atoms in total. The number of amides is 2. The predicted octanol–water partition coefficient (Wildman–Crippen LogP) is 2.43. The van der Waals surface area contributed by atoms with Crippen molar-refractivity contribution in [3.63, 3.8) is 0 Å². The van der Waals surface area contributed by atoms with Gasteiger partial charge in [-0.3, -0.25) is 9.59 Å². The molecule has 0 atom stereocenters. The molecule has 2 fully saturated rings. The Kier molecular flexibility index (Phi) is 6.91. The van der Waals surface area contributed by atoms with Crippen LogP contribution in [0.1, 0.15) is 32.1 Å². The minimum Gasteiger partial charge on any atom is -0.376 e. The third-order valence-electron chi connectivity index (χ3n) is 4.89. The lowest BCUT2D eigenvalue weighted by atomic mass is 9.84. The number of halogens is 1. The lowest BCUT2D eigenvalue weighted by molar-refractivity contribution is -0.131. The highest BCUT2D eigenvalue weighted by Crippen LogP contribution is 2.26. The van der Waals surface area contributed by atoms with Gasteiger partial charge in [-0.05, 0) is 37.8 Å². The number of para-hydroxylation sites is 1. The fourth-order valence-corrected chi connectivity index (χ4v) is 3.11. The third-order valence-corrected chi connectivity index (χ3v) is 4.89. The van der Waals surface area contributed by atoms with Gasteiger partial charge >= 0.3 is 0 Å². The molecule has 24 heavy (non-hydrogen) atoms. The maximum absolute atomic E-state index is 12.2. The molecule has 1 saturated heterocycles. The SMILES string of the molecule is Cl.O=C(NC1CCN(C(=O)CNc2ccccc2)CC1)C1CCC1. The molecule has 1 aliphatic heterocycles. The molecule has 2 amide bonds. The first-order valence-electron chi connectivity index (χ1n) is 8.59. The van der Waals surface area contributed by atoms with E-state index in [9.17, 15) is 9.59 Å². The summed E-state index contributed by atoms with van der Waals surface area (Å²) in [6.07, 6.45) is 4.97. The average Bonchev–Trinajstić information content (AvgIpc) is 2.52. The van der Waals surface area contributed by atoms with Crippen molar-refractivity contribution in [2.24, 2.45) is 5.92 Å². The number of rotatable bonds is 5. The van der Waals surface area contributed by atoms with Gasteiger partial charge in [0.15, 0.2) is 0 Å². The first kappa shape index (κ1) is 18.6. The van der Waals surface area contributed by atoms with E-state index in [1.165, 1.54) is 6.42 Å². The fraction of sp³-hybridized carbons (Fsp3) is 0.556. The molecule has 2 N–H and O–H groups in total. The summed E-state index contributed by atoms with van der Waals surface area (Å²) in [5, 5.41) is 6.30. The van der Waals surface area contributed by atoms with Crippen molar-refractivity contribution in [2.75, 3.05) is 25.0 Å². The fourth-order valence-electron chi connectivity index (χ4n) is 3.11. The number of carbonyl (C=O) groups excluding carboxylic acids is 2. The van der Waals surface area contributed by atoms with Gasteiger partial charge in [-0.25, -0.2) is 0 Å². The quantitative estimate of drug-likeness (QED) is 0.856. The van der Waals surface area contributed by atoms with Gasteiger partial charge in [0.25, 0.3) is 0 Å². The molecule has 1 saturated carbocycles. The van der Waals surface area contributed by atoms with Crippen LogP contribution in [0.4, 0.5) is 5.69 Å². The highest BCUT2D eigenvalue weighted by molar-refractivity contribution is 5.85. The molecular weight excluding hydrogens is 326 g/mol. The van der Waals surface area contributed by atoms with Crippen LogP contribution in [-0.2, 0) is 9.59 Å². The first-order valence-corrected chi connectivity index (χ1v) is 8.59. The molecule has 6 heteroatoms. The van der Waals surface area contributed by atoms with Gasteiger partial charge in [0.05, 0.1) is 6.54 Å². The van der Waals surface area contributed by atoms with Gasteiger partial charge in [-0.15, -0.1) is 12.4 Å². The summed E-state index contributed by atoms with van der Waals surface area (Å²) in [6.45, 7) is 1.78. The molecule has 0 bridgehead atoms. The Morgan fingerprint density at radius 2 is 1.71 bits per heavy atom. The predicted molar refractivity (Wildman–Crippen MR) is 97.3 cm³/mol. The highest BCUT2D eigenvalue weighted by Gasteiger charge is 2.29. The topological polar surface area (TPSA) is 61.4 Å². The Labute approximate surface area is 149 Å². The standard InChI is InChI=1S/C18H25N3O2.ClH/c22-17(13-19-15-7-2-1-3-8-15)21-11-9-16(10-12-21)20-18(23)14-5-4-6-14;/h1-3,7-8,14,16,19H,4-6,9-13H2,(H,20,23);1H. The molecule has 1 aromatic carbocycles. The largest absolute Gasteiger partial charge is 0.376 e. The monoisotopic (exact) mass is 351 g/mol. The summed E-state index contributed by atoms with van der Waals surface area (Å²) in [6, 6.07) is 9.99. The van der Waals surface area contributed by atoms with E-state index in [0.717, 1.165) is 44.5 Å². The van der Waals surface area contributed by atoms with E-state index >= 15 is 0 Å². The van der Waals surface area contributed by atoms with Crippen LogP contribution in [0.15, 0.2) is 30.3 Å². The number of benzene rings is 1. The number of likely N-dealkylation sites (tertiary alicyclic amines) is 1. The molecular formula is C18H26ClN3O2. The lowest BCUT2D eigenvalue weighted by Gasteiger charge is -2.34. The Balaban J connectivity index is 0.00000208. The van der Waals surface area contributed by atoms with E-state index in [2.05, 4.69) is 10.6 Å². The first-order chi connectivity index (χ1) is 11.2. The summed E-state index contributed by atoms with van der Waals surface area (Å²) < 4.78 is 0. The Bertz CT molecular complexity index is 540. The zero-order valence-corrected chi connectivity index (χ0v) is 14.7. The second-order valence-electron chi connectivity index (χ2n) is 6.51. The van der Waals surface area contributed by atoms with Crippen LogP contribution >= 0.6 is 12.4 Å². The molecule has 3 rings (SSSR count). The summed E-state index contributed by atoms with van der Waals surface area (Å²) >= 11 is 0. The van der Waals surface area contributed by atoms with E-state index in [0.29, 0.717) is 6.54 Å². The molecule has 132 valence electrons. The number of hydrogen-bond acceptors (Lipinski definition) is 3. The number of piperidine rings is 1. The van der Waals surface area contributed by atoms with Crippen molar-refractivity contribution in [3.8, 4) is 0 Å². The van der Waals surface area contributed by atoms with Gasteiger partial charge in [0.1, 0.15) is 0 Å².